The highest BCUT2D eigenvalue weighted by atomic mass is 19.3. The van der Waals surface area contributed by atoms with Crippen LogP contribution in [0, 0.1) is 17.7 Å². The maximum Gasteiger partial charge on any atom is 0.360 e. The van der Waals surface area contributed by atoms with Gasteiger partial charge in [0.25, 0.3) is 0 Å². The van der Waals surface area contributed by atoms with Gasteiger partial charge in [-0.3, -0.25) is 0 Å². The monoisotopic (exact) mass is 458 g/mol. The zero-order valence-corrected chi connectivity index (χ0v) is 20.0. The summed E-state index contributed by atoms with van der Waals surface area (Å²) < 4.78 is 48.5. The molecule has 0 spiro atoms. The molecule has 0 radical (unpaired) electrons. The maximum atomic E-state index is 14.6. The summed E-state index contributed by atoms with van der Waals surface area (Å²) in [5, 5.41) is 0. The Bertz CT molecular complexity index is 892. The predicted molar refractivity (Wildman–Crippen MR) is 127 cm³/mol. The second kappa shape index (κ2) is 10.6. The van der Waals surface area contributed by atoms with Crippen LogP contribution in [0.15, 0.2) is 42.5 Å². The van der Waals surface area contributed by atoms with Gasteiger partial charge < -0.3 is 4.74 Å². The summed E-state index contributed by atoms with van der Waals surface area (Å²) in [7, 11) is 0. The average Bonchev–Trinajstić information content (AvgIpc) is 2.80. The molecule has 0 saturated heterocycles. The van der Waals surface area contributed by atoms with E-state index in [1.54, 1.807) is 18.2 Å². The number of benzene rings is 2. The van der Waals surface area contributed by atoms with Crippen molar-refractivity contribution in [2.75, 3.05) is 0 Å². The molecule has 33 heavy (non-hydrogen) atoms. The lowest BCUT2D eigenvalue weighted by atomic mass is 9.79. The van der Waals surface area contributed by atoms with Crippen molar-refractivity contribution < 1.29 is 17.9 Å². The Balaban J connectivity index is 1.30. The first-order valence-corrected chi connectivity index (χ1v) is 12.7. The average molecular weight is 459 g/mol. The van der Waals surface area contributed by atoms with E-state index in [4.69, 9.17) is 4.74 Å². The van der Waals surface area contributed by atoms with E-state index in [-0.39, 0.29) is 5.56 Å². The minimum atomic E-state index is -3.34. The van der Waals surface area contributed by atoms with E-state index in [1.165, 1.54) is 37.3 Å². The van der Waals surface area contributed by atoms with Gasteiger partial charge in [0.15, 0.2) is 0 Å². The van der Waals surface area contributed by atoms with Crippen molar-refractivity contribution in [3.63, 3.8) is 0 Å². The Morgan fingerprint density at radius 1 is 0.758 bits per heavy atom. The van der Waals surface area contributed by atoms with Crippen molar-refractivity contribution in [1.29, 1.82) is 0 Å². The predicted octanol–water partition coefficient (Wildman–Crippen LogP) is 8.77. The van der Waals surface area contributed by atoms with Crippen molar-refractivity contribution in [1.82, 2.24) is 0 Å². The summed E-state index contributed by atoms with van der Waals surface area (Å²) in [6.45, 7) is 4.11. The lowest BCUT2D eigenvalue weighted by Gasteiger charge is -2.27. The largest absolute Gasteiger partial charge is 0.360 e. The molecule has 0 aliphatic heterocycles. The molecule has 1 nitrogen and oxygen atoms in total. The molecule has 2 saturated carbocycles. The Labute approximate surface area is 196 Å². The molecule has 0 atom stereocenters. The Morgan fingerprint density at radius 2 is 1.27 bits per heavy atom. The van der Waals surface area contributed by atoms with Crippen LogP contribution >= 0.6 is 0 Å². The lowest BCUT2D eigenvalue weighted by molar-refractivity contribution is -0.244. The van der Waals surface area contributed by atoms with Gasteiger partial charge in [0.05, 0.1) is 13.0 Å². The highest BCUT2D eigenvalue weighted by Crippen LogP contribution is 2.37. The van der Waals surface area contributed by atoms with Crippen LogP contribution in [0.3, 0.4) is 0 Å². The van der Waals surface area contributed by atoms with E-state index in [9.17, 15) is 13.2 Å². The minimum absolute atomic E-state index is 0.185. The van der Waals surface area contributed by atoms with Crippen LogP contribution in [0.2, 0.25) is 0 Å². The van der Waals surface area contributed by atoms with Crippen LogP contribution in [0.5, 0.6) is 0 Å². The second-order valence-electron chi connectivity index (χ2n) is 10.6. The number of alkyl halides is 2. The quantitative estimate of drug-likeness (QED) is 0.403. The van der Waals surface area contributed by atoms with Crippen LogP contribution in [0.1, 0.15) is 99.3 Å². The molecule has 2 fully saturated rings. The summed E-state index contributed by atoms with van der Waals surface area (Å²) >= 11 is 0. The smallest absolute Gasteiger partial charge is 0.315 e. The molecular weight excluding hydrogens is 421 g/mol. The van der Waals surface area contributed by atoms with Gasteiger partial charge in [-0.05, 0) is 72.1 Å². The van der Waals surface area contributed by atoms with Gasteiger partial charge in [0.2, 0.25) is 0 Å². The summed E-state index contributed by atoms with van der Waals surface area (Å²) in [4.78, 5) is 0. The van der Waals surface area contributed by atoms with Crippen LogP contribution < -0.4 is 0 Å². The Morgan fingerprint density at radius 3 is 1.82 bits per heavy atom. The highest BCUT2D eigenvalue weighted by Gasteiger charge is 2.31. The van der Waals surface area contributed by atoms with Crippen molar-refractivity contribution in [2.24, 2.45) is 11.8 Å². The van der Waals surface area contributed by atoms with E-state index < -0.39 is 25.0 Å². The molecule has 0 aromatic heterocycles. The molecule has 4 heteroatoms. The van der Waals surface area contributed by atoms with Gasteiger partial charge in [-0.25, -0.2) is 4.39 Å². The number of rotatable bonds is 7. The molecule has 2 aliphatic carbocycles. The summed E-state index contributed by atoms with van der Waals surface area (Å²) in [6.07, 6.45) is 5.40. The van der Waals surface area contributed by atoms with Crippen molar-refractivity contribution >= 4 is 0 Å². The SMILES string of the molecule is CC1CCC(c2ccc(CC(F)(F)OCc3ccc(C4CCC(C)CC4)cc3F)cc2)CC1. The second-order valence-corrected chi connectivity index (χ2v) is 10.6. The normalized spacial score (nSPS) is 26.3. The topological polar surface area (TPSA) is 9.23 Å². The van der Waals surface area contributed by atoms with E-state index in [1.807, 2.05) is 18.2 Å². The van der Waals surface area contributed by atoms with E-state index >= 15 is 0 Å². The lowest BCUT2D eigenvalue weighted by Crippen LogP contribution is -2.24. The van der Waals surface area contributed by atoms with Gasteiger partial charge in [-0.1, -0.05) is 75.9 Å². The molecule has 0 bridgehead atoms. The third kappa shape index (κ3) is 6.62. The van der Waals surface area contributed by atoms with Gasteiger partial charge in [0.1, 0.15) is 5.82 Å². The fraction of sp³-hybridized carbons (Fsp3) is 0.586. The number of hydrogen-bond acceptors (Lipinski definition) is 1. The molecule has 0 amide bonds. The van der Waals surface area contributed by atoms with Crippen LogP contribution in [-0.2, 0) is 17.8 Å². The molecule has 0 heterocycles. The third-order valence-corrected chi connectivity index (χ3v) is 7.88. The van der Waals surface area contributed by atoms with E-state index in [2.05, 4.69) is 13.8 Å². The molecule has 0 N–H and O–H groups in total. The fourth-order valence-corrected chi connectivity index (χ4v) is 5.50. The standard InChI is InChI=1S/C29H37F3O/c1-20-3-9-23(10-4-20)24-13-7-22(8-14-24)18-29(31,32)33-19-27-16-15-26(17-28(27)30)25-11-5-21(2)6-12-25/h7-8,13-17,20-21,23,25H,3-6,9-12,18-19H2,1-2H3. The zero-order chi connectivity index (χ0) is 23.4. The first-order valence-electron chi connectivity index (χ1n) is 12.7. The minimum Gasteiger partial charge on any atom is -0.315 e. The van der Waals surface area contributed by atoms with E-state index in [0.717, 1.165) is 43.1 Å². The van der Waals surface area contributed by atoms with Gasteiger partial charge in [-0.15, -0.1) is 0 Å². The zero-order valence-electron chi connectivity index (χ0n) is 20.0. The summed E-state index contributed by atoms with van der Waals surface area (Å²) in [5.74, 6) is 1.97. The van der Waals surface area contributed by atoms with Gasteiger partial charge in [0, 0.05) is 5.56 Å². The third-order valence-electron chi connectivity index (χ3n) is 7.88. The summed E-state index contributed by atoms with van der Waals surface area (Å²) in [5.41, 5.74) is 2.94. The first kappa shape index (κ1) is 24.3. The molecule has 180 valence electrons. The summed E-state index contributed by atoms with van der Waals surface area (Å²) in [6, 6.07) is 12.5. The number of halogens is 3. The maximum absolute atomic E-state index is 14.6. The van der Waals surface area contributed by atoms with Crippen LogP contribution in [0.25, 0.3) is 0 Å². The van der Waals surface area contributed by atoms with Crippen molar-refractivity contribution in [3.8, 4) is 0 Å². The highest BCUT2D eigenvalue weighted by molar-refractivity contribution is 5.28. The fourth-order valence-electron chi connectivity index (χ4n) is 5.50. The van der Waals surface area contributed by atoms with Crippen LogP contribution in [-0.4, -0.2) is 6.11 Å². The molecule has 4 rings (SSSR count). The molecular formula is C29H37F3O. The van der Waals surface area contributed by atoms with Gasteiger partial charge >= 0.3 is 6.11 Å². The van der Waals surface area contributed by atoms with Crippen LogP contribution in [0.4, 0.5) is 13.2 Å². The van der Waals surface area contributed by atoms with Gasteiger partial charge in [-0.2, -0.15) is 8.78 Å². The molecule has 2 aliphatic rings. The number of hydrogen-bond donors (Lipinski definition) is 0. The van der Waals surface area contributed by atoms with Crippen molar-refractivity contribution in [3.05, 3.63) is 70.5 Å². The molecule has 2 aromatic rings. The number of ether oxygens (including phenoxy) is 1. The van der Waals surface area contributed by atoms with Crippen molar-refractivity contribution in [2.45, 2.75) is 96.2 Å². The molecule has 2 aromatic carbocycles. The Kier molecular flexibility index (Phi) is 7.83. The first-order chi connectivity index (χ1) is 15.8. The molecule has 0 unspecified atom stereocenters. The van der Waals surface area contributed by atoms with E-state index in [0.29, 0.717) is 17.4 Å². The Hall–Kier alpha value is -1.81.